The number of hydrogen-bond donors (Lipinski definition) is 2. The van der Waals surface area contributed by atoms with Gasteiger partial charge in [0.05, 0.1) is 22.4 Å². The third-order valence-corrected chi connectivity index (χ3v) is 7.38. The molecular formula is C28H25F6N3O2S. The third kappa shape index (κ3) is 7.09. The Morgan fingerprint density at radius 1 is 0.825 bits per heavy atom. The molecule has 1 aliphatic heterocycles. The fourth-order valence-corrected chi connectivity index (χ4v) is 5.27. The fraction of sp³-hybridized carbons (Fsp3) is 0.286. The van der Waals surface area contributed by atoms with Gasteiger partial charge in [0.15, 0.2) is 0 Å². The largest absolute Gasteiger partial charge is 0.416 e. The van der Waals surface area contributed by atoms with E-state index in [1.165, 1.54) is 11.8 Å². The zero-order valence-electron chi connectivity index (χ0n) is 21.2. The summed E-state index contributed by atoms with van der Waals surface area (Å²) in [5, 5.41) is 5.42. The van der Waals surface area contributed by atoms with Crippen LogP contribution in [0.5, 0.6) is 0 Å². The first-order chi connectivity index (χ1) is 18.8. The molecule has 2 amide bonds. The van der Waals surface area contributed by atoms with Crippen molar-refractivity contribution < 1.29 is 35.9 Å². The van der Waals surface area contributed by atoms with Crippen LogP contribution in [0.2, 0.25) is 0 Å². The first-order valence-electron chi connectivity index (χ1n) is 12.3. The molecule has 0 saturated heterocycles. The molecule has 1 heterocycles. The van der Waals surface area contributed by atoms with Crippen LogP contribution in [0.3, 0.4) is 0 Å². The van der Waals surface area contributed by atoms with Crippen LogP contribution in [0.25, 0.3) is 0 Å². The lowest BCUT2D eigenvalue weighted by atomic mass is 10.1. The average molecular weight is 582 g/mol. The lowest BCUT2D eigenvalue weighted by Gasteiger charge is -2.18. The van der Waals surface area contributed by atoms with Gasteiger partial charge in [-0.05, 0) is 61.4 Å². The van der Waals surface area contributed by atoms with E-state index in [9.17, 15) is 35.9 Å². The van der Waals surface area contributed by atoms with Crippen molar-refractivity contribution >= 4 is 40.6 Å². The van der Waals surface area contributed by atoms with Crippen LogP contribution in [0.1, 0.15) is 47.2 Å². The van der Waals surface area contributed by atoms with Gasteiger partial charge >= 0.3 is 12.4 Å². The van der Waals surface area contributed by atoms with E-state index in [0.29, 0.717) is 48.3 Å². The van der Waals surface area contributed by atoms with Gasteiger partial charge in [0.2, 0.25) is 5.91 Å². The smallest absolute Gasteiger partial charge is 0.385 e. The quantitative estimate of drug-likeness (QED) is 0.209. The molecule has 5 nitrogen and oxygen atoms in total. The normalized spacial score (nSPS) is 13.4. The highest BCUT2D eigenvalue weighted by Crippen LogP contribution is 2.42. The van der Waals surface area contributed by atoms with E-state index in [1.54, 1.807) is 36.2 Å². The Bertz CT molecular complexity index is 1380. The van der Waals surface area contributed by atoms with E-state index in [1.807, 2.05) is 18.2 Å². The van der Waals surface area contributed by atoms with Gasteiger partial charge in [0, 0.05) is 41.2 Å². The van der Waals surface area contributed by atoms with Crippen LogP contribution in [0.4, 0.5) is 43.4 Å². The van der Waals surface area contributed by atoms with E-state index in [-0.39, 0.29) is 36.5 Å². The number of rotatable bonds is 8. The summed E-state index contributed by atoms with van der Waals surface area (Å²) in [4.78, 5) is 28.6. The molecule has 4 rings (SSSR count). The molecule has 3 aromatic carbocycles. The molecule has 212 valence electrons. The summed E-state index contributed by atoms with van der Waals surface area (Å²) >= 11 is 1.47. The Morgan fingerprint density at radius 3 is 2.17 bits per heavy atom. The standard InChI is InChI=1S/C28H25F6N3O2S/c1-37-22-16-19(10-11-24(22)40-23-8-5-4-7-21(23)26(37)39)36-25(38)9-3-2-6-12-35-20-14-17(27(29,30)31)13-18(15-20)28(32,33)34/h4-5,7-8,10-11,13-16,35H,2-3,6,9,12H2,1H3,(H,36,38). The minimum absolute atomic E-state index is 0.0849. The monoisotopic (exact) mass is 581 g/mol. The lowest BCUT2D eigenvalue weighted by Crippen LogP contribution is -2.26. The maximum absolute atomic E-state index is 13.0. The number of fused-ring (bicyclic) bond motifs is 2. The highest BCUT2D eigenvalue weighted by molar-refractivity contribution is 7.99. The van der Waals surface area contributed by atoms with Gasteiger partial charge in [-0.1, -0.05) is 30.3 Å². The summed E-state index contributed by atoms with van der Waals surface area (Å²) in [6.45, 7) is 0.144. The molecule has 0 bridgehead atoms. The molecule has 0 aliphatic carbocycles. The van der Waals surface area contributed by atoms with Crippen molar-refractivity contribution in [1.29, 1.82) is 0 Å². The zero-order chi connectivity index (χ0) is 29.1. The number of amides is 2. The predicted molar refractivity (Wildman–Crippen MR) is 142 cm³/mol. The van der Waals surface area contributed by atoms with Crippen molar-refractivity contribution in [3.8, 4) is 0 Å². The van der Waals surface area contributed by atoms with E-state index in [0.717, 1.165) is 9.79 Å². The number of anilines is 3. The minimum Gasteiger partial charge on any atom is -0.385 e. The number of halogens is 6. The number of unbranched alkanes of at least 4 members (excludes halogenated alkanes) is 2. The summed E-state index contributed by atoms with van der Waals surface area (Å²) in [6.07, 6.45) is -8.20. The van der Waals surface area contributed by atoms with E-state index < -0.39 is 23.5 Å². The number of carbonyl (C=O) groups excluding carboxylic acids is 2. The second-order valence-corrected chi connectivity index (χ2v) is 10.3. The lowest BCUT2D eigenvalue weighted by molar-refractivity contribution is -0.143. The zero-order valence-corrected chi connectivity index (χ0v) is 22.1. The van der Waals surface area contributed by atoms with Crippen molar-refractivity contribution in [3.63, 3.8) is 0 Å². The van der Waals surface area contributed by atoms with E-state index in [4.69, 9.17) is 0 Å². The third-order valence-electron chi connectivity index (χ3n) is 6.24. The molecule has 12 heteroatoms. The molecule has 3 aromatic rings. The topological polar surface area (TPSA) is 61.4 Å². The number of benzene rings is 3. The summed E-state index contributed by atoms with van der Waals surface area (Å²) in [7, 11) is 1.67. The SMILES string of the molecule is CN1C(=O)c2ccccc2Sc2ccc(NC(=O)CCCCCNc3cc(C(F)(F)F)cc(C(F)(F)F)c3)cc21. The van der Waals surface area contributed by atoms with Gasteiger partial charge in [-0.25, -0.2) is 0 Å². The maximum atomic E-state index is 13.0. The summed E-state index contributed by atoms with van der Waals surface area (Å²) in [5.41, 5.74) is -1.23. The summed E-state index contributed by atoms with van der Waals surface area (Å²) < 4.78 is 78.0. The Balaban J connectivity index is 1.26. The Kier molecular flexibility index (Phi) is 8.67. The van der Waals surface area contributed by atoms with Crippen molar-refractivity contribution in [1.82, 2.24) is 0 Å². The van der Waals surface area contributed by atoms with Crippen molar-refractivity contribution in [2.75, 3.05) is 29.1 Å². The van der Waals surface area contributed by atoms with Gasteiger partial charge < -0.3 is 15.5 Å². The van der Waals surface area contributed by atoms with Crippen LogP contribution in [0.15, 0.2) is 70.5 Å². The molecule has 0 fully saturated rings. The second kappa shape index (κ2) is 11.8. The molecule has 2 N–H and O–H groups in total. The van der Waals surface area contributed by atoms with Gasteiger partial charge in [0.25, 0.3) is 5.91 Å². The number of nitrogens with zero attached hydrogens (tertiary/aromatic N) is 1. The number of carbonyl (C=O) groups is 2. The van der Waals surface area contributed by atoms with Gasteiger partial charge in [-0.15, -0.1) is 0 Å². The molecule has 0 atom stereocenters. The Hall–Kier alpha value is -3.67. The average Bonchev–Trinajstić information content (AvgIpc) is 2.99. The van der Waals surface area contributed by atoms with Crippen molar-refractivity contribution in [2.24, 2.45) is 0 Å². The predicted octanol–water partition coefficient (Wildman–Crippen LogP) is 8.08. The van der Waals surface area contributed by atoms with Gasteiger partial charge in [-0.2, -0.15) is 26.3 Å². The van der Waals surface area contributed by atoms with Crippen LogP contribution in [-0.2, 0) is 17.1 Å². The fourth-order valence-electron chi connectivity index (χ4n) is 4.18. The van der Waals surface area contributed by atoms with Crippen molar-refractivity contribution in [2.45, 2.75) is 47.8 Å². The van der Waals surface area contributed by atoms with Gasteiger partial charge in [0.1, 0.15) is 0 Å². The highest BCUT2D eigenvalue weighted by Gasteiger charge is 2.37. The van der Waals surface area contributed by atoms with Crippen molar-refractivity contribution in [3.05, 3.63) is 77.4 Å². The second-order valence-electron chi connectivity index (χ2n) is 9.23. The molecule has 0 saturated carbocycles. The number of hydrogen-bond acceptors (Lipinski definition) is 4. The Morgan fingerprint density at radius 2 is 1.50 bits per heavy atom. The van der Waals surface area contributed by atoms with Gasteiger partial charge in [-0.3, -0.25) is 9.59 Å². The number of alkyl halides is 6. The molecule has 0 radical (unpaired) electrons. The van der Waals surface area contributed by atoms with Crippen LogP contribution in [0, 0.1) is 0 Å². The van der Waals surface area contributed by atoms with Crippen LogP contribution >= 0.6 is 11.8 Å². The highest BCUT2D eigenvalue weighted by atomic mass is 32.2. The van der Waals surface area contributed by atoms with E-state index in [2.05, 4.69) is 10.6 Å². The Labute approximate surface area is 230 Å². The summed E-state index contributed by atoms with van der Waals surface area (Å²) in [5.74, 6) is -0.405. The summed E-state index contributed by atoms with van der Waals surface area (Å²) in [6, 6.07) is 14.0. The molecule has 0 aromatic heterocycles. The number of nitrogens with one attached hydrogen (secondary N) is 2. The first kappa shape index (κ1) is 29.3. The maximum Gasteiger partial charge on any atom is 0.416 e. The minimum atomic E-state index is -4.91. The van der Waals surface area contributed by atoms with E-state index >= 15 is 0 Å². The molecular weight excluding hydrogens is 556 g/mol. The van der Waals surface area contributed by atoms with Crippen LogP contribution in [-0.4, -0.2) is 25.4 Å². The van der Waals surface area contributed by atoms with Crippen LogP contribution < -0.4 is 15.5 Å². The molecule has 40 heavy (non-hydrogen) atoms. The molecule has 0 spiro atoms. The first-order valence-corrected chi connectivity index (χ1v) is 13.2. The molecule has 0 unspecified atom stereocenters. The molecule has 1 aliphatic rings.